The highest BCUT2D eigenvalue weighted by molar-refractivity contribution is 7.89. The average molecular weight is 325 g/mol. The molecule has 0 spiro atoms. The molecule has 1 aromatic carbocycles. The second kappa shape index (κ2) is 6.66. The van der Waals surface area contributed by atoms with Gasteiger partial charge in [0.1, 0.15) is 0 Å². The van der Waals surface area contributed by atoms with Gasteiger partial charge in [0.25, 0.3) is 0 Å². The molecule has 2 amide bonds. The summed E-state index contributed by atoms with van der Waals surface area (Å²) in [7, 11) is -3.50. The Labute approximate surface area is 131 Å². The van der Waals surface area contributed by atoms with E-state index in [0.29, 0.717) is 25.1 Å². The molecule has 1 atom stereocenters. The van der Waals surface area contributed by atoms with Crippen molar-refractivity contribution in [3.8, 4) is 0 Å². The molecule has 0 aromatic heterocycles. The highest BCUT2D eigenvalue weighted by Crippen LogP contribution is 2.31. The minimum Gasteiger partial charge on any atom is -0.336 e. The van der Waals surface area contributed by atoms with E-state index < -0.39 is 10.0 Å². The van der Waals surface area contributed by atoms with Crippen molar-refractivity contribution in [1.82, 2.24) is 14.9 Å². The maximum absolute atomic E-state index is 12.7. The lowest BCUT2D eigenvalue weighted by atomic mass is 10.0. The van der Waals surface area contributed by atoms with E-state index in [-0.39, 0.29) is 23.0 Å². The minimum absolute atomic E-state index is 0.0249. The summed E-state index contributed by atoms with van der Waals surface area (Å²) in [4.78, 5) is 12.3. The van der Waals surface area contributed by atoms with Crippen molar-refractivity contribution < 1.29 is 13.2 Å². The number of benzene rings is 1. The highest BCUT2D eigenvalue weighted by Gasteiger charge is 2.33. The molecule has 7 heteroatoms. The third-order valence-corrected chi connectivity index (χ3v) is 5.71. The zero-order chi connectivity index (χ0) is 16.3. The van der Waals surface area contributed by atoms with E-state index in [1.807, 2.05) is 20.8 Å². The summed E-state index contributed by atoms with van der Waals surface area (Å²) >= 11 is 0. The van der Waals surface area contributed by atoms with Crippen LogP contribution in [0.2, 0.25) is 0 Å². The summed E-state index contributed by atoms with van der Waals surface area (Å²) in [6, 6.07) is 6.31. The summed E-state index contributed by atoms with van der Waals surface area (Å²) in [6.07, 6.45) is 0.551. The molecular weight excluding hydrogens is 302 g/mol. The molecule has 0 bridgehead atoms. The molecular formula is C15H23N3O3S. The van der Waals surface area contributed by atoms with Crippen LogP contribution in [0.25, 0.3) is 0 Å². The molecule has 0 saturated carbocycles. The molecule has 2 rings (SSSR count). The first-order valence-electron chi connectivity index (χ1n) is 7.52. The second-order valence-corrected chi connectivity index (χ2v) is 7.55. The molecule has 1 aliphatic heterocycles. The van der Waals surface area contributed by atoms with Crippen molar-refractivity contribution in [3.63, 3.8) is 0 Å². The summed E-state index contributed by atoms with van der Waals surface area (Å²) in [5.41, 5.74) is 0.650. The fourth-order valence-electron chi connectivity index (χ4n) is 2.63. The predicted octanol–water partition coefficient (Wildman–Crippen LogP) is 1.85. The molecule has 0 aliphatic carbocycles. The minimum atomic E-state index is -3.50. The van der Waals surface area contributed by atoms with E-state index in [9.17, 15) is 13.2 Å². The van der Waals surface area contributed by atoms with Gasteiger partial charge in [-0.1, -0.05) is 25.1 Å². The van der Waals surface area contributed by atoms with Gasteiger partial charge < -0.3 is 10.6 Å². The number of urea groups is 1. The highest BCUT2D eigenvalue weighted by atomic mass is 32.2. The number of rotatable bonds is 3. The first-order valence-corrected chi connectivity index (χ1v) is 8.96. The molecule has 22 heavy (non-hydrogen) atoms. The Bertz CT molecular complexity index is 643. The monoisotopic (exact) mass is 325 g/mol. The SMILES string of the molecule is CCN1CCC(NC(=O)NC(C)C)c2ccccc2S1(=O)=O. The van der Waals surface area contributed by atoms with E-state index >= 15 is 0 Å². The molecule has 122 valence electrons. The fourth-order valence-corrected chi connectivity index (χ4v) is 4.35. The van der Waals surface area contributed by atoms with Crippen LogP contribution in [0.4, 0.5) is 4.79 Å². The van der Waals surface area contributed by atoms with Gasteiger partial charge in [-0.05, 0) is 31.9 Å². The number of sulfonamides is 1. The predicted molar refractivity (Wildman–Crippen MR) is 85.0 cm³/mol. The molecule has 0 radical (unpaired) electrons. The van der Waals surface area contributed by atoms with Crippen molar-refractivity contribution in [1.29, 1.82) is 0 Å². The normalized spacial score (nSPS) is 21.0. The largest absolute Gasteiger partial charge is 0.336 e. The van der Waals surface area contributed by atoms with Crippen LogP contribution in [0.3, 0.4) is 0 Å². The number of nitrogens with zero attached hydrogens (tertiary/aromatic N) is 1. The van der Waals surface area contributed by atoms with Crippen LogP contribution in [0, 0.1) is 0 Å². The third-order valence-electron chi connectivity index (χ3n) is 3.66. The summed E-state index contributed by atoms with van der Waals surface area (Å²) < 4.78 is 26.8. The maximum atomic E-state index is 12.7. The van der Waals surface area contributed by atoms with Crippen LogP contribution in [-0.4, -0.2) is 37.9 Å². The smallest absolute Gasteiger partial charge is 0.315 e. The molecule has 0 fully saturated rings. The Kier molecular flexibility index (Phi) is 5.08. The summed E-state index contributed by atoms with van der Waals surface area (Å²) in [5.74, 6) is 0. The average Bonchev–Trinajstić information content (AvgIpc) is 2.54. The van der Waals surface area contributed by atoms with Crippen LogP contribution in [0.5, 0.6) is 0 Å². The van der Waals surface area contributed by atoms with E-state index in [0.717, 1.165) is 0 Å². The molecule has 0 saturated heterocycles. The van der Waals surface area contributed by atoms with Gasteiger partial charge >= 0.3 is 6.03 Å². The van der Waals surface area contributed by atoms with Gasteiger partial charge in [-0.15, -0.1) is 0 Å². The second-order valence-electron chi connectivity index (χ2n) is 5.65. The van der Waals surface area contributed by atoms with Gasteiger partial charge in [0.2, 0.25) is 10.0 Å². The summed E-state index contributed by atoms with van der Waals surface area (Å²) in [5, 5.41) is 5.66. The van der Waals surface area contributed by atoms with Gasteiger partial charge in [0, 0.05) is 19.1 Å². The molecule has 6 nitrogen and oxygen atoms in total. The zero-order valence-electron chi connectivity index (χ0n) is 13.2. The standard InChI is InChI=1S/C15H23N3O3S/c1-4-18-10-9-13(17-15(19)16-11(2)3)12-7-5-6-8-14(12)22(18,20)21/h5-8,11,13H,4,9-10H2,1-3H3,(H2,16,17,19). The summed E-state index contributed by atoms with van der Waals surface area (Å²) in [6.45, 7) is 6.38. The van der Waals surface area contributed by atoms with Crippen LogP contribution in [0.15, 0.2) is 29.2 Å². The molecule has 1 aromatic rings. The van der Waals surface area contributed by atoms with Crippen molar-refractivity contribution in [2.45, 2.75) is 44.2 Å². The number of amides is 2. The van der Waals surface area contributed by atoms with E-state index in [2.05, 4.69) is 10.6 Å². The van der Waals surface area contributed by atoms with Crippen molar-refractivity contribution in [2.75, 3.05) is 13.1 Å². The number of carbonyl (C=O) groups is 1. The van der Waals surface area contributed by atoms with Gasteiger partial charge in [-0.2, -0.15) is 4.31 Å². The van der Waals surface area contributed by atoms with Crippen LogP contribution in [-0.2, 0) is 10.0 Å². The third kappa shape index (κ3) is 3.41. The molecule has 1 unspecified atom stereocenters. The quantitative estimate of drug-likeness (QED) is 0.890. The zero-order valence-corrected chi connectivity index (χ0v) is 14.0. The Morgan fingerprint density at radius 1 is 1.36 bits per heavy atom. The van der Waals surface area contributed by atoms with E-state index in [1.165, 1.54) is 4.31 Å². The Hall–Kier alpha value is -1.60. The van der Waals surface area contributed by atoms with Crippen molar-refractivity contribution in [2.24, 2.45) is 0 Å². The first kappa shape index (κ1) is 16.8. The number of fused-ring (bicyclic) bond motifs is 1. The van der Waals surface area contributed by atoms with Crippen molar-refractivity contribution in [3.05, 3.63) is 29.8 Å². The lowest BCUT2D eigenvalue weighted by Gasteiger charge is -2.19. The number of hydrogen-bond donors (Lipinski definition) is 2. The Morgan fingerprint density at radius 2 is 2.05 bits per heavy atom. The molecule has 2 N–H and O–H groups in total. The topological polar surface area (TPSA) is 78.5 Å². The first-order chi connectivity index (χ1) is 10.4. The van der Waals surface area contributed by atoms with Crippen LogP contribution < -0.4 is 10.6 Å². The van der Waals surface area contributed by atoms with Crippen LogP contribution in [0.1, 0.15) is 38.8 Å². The number of nitrogens with one attached hydrogen (secondary N) is 2. The van der Waals surface area contributed by atoms with Gasteiger partial charge in [0.05, 0.1) is 10.9 Å². The molecule has 1 heterocycles. The lowest BCUT2D eigenvalue weighted by molar-refractivity contribution is 0.233. The van der Waals surface area contributed by atoms with Gasteiger partial charge in [-0.3, -0.25) is 0 Å². The van der Waals surface area contributed by atoms with Gasteiger partial charge in [0.15, 0.2) is 0 Å². The number of hydrogen-bond acceptors (Lipinski definition) is 3. The van der Waals surface area contributed by atoms with Crippen LogP contribution >= 0.6 is 0 Å². The fraction of sp³-hybridized carbons (Fsp3) is 0.533. The van der Waals surface area contributed by atoms with Gasteiger partial charge in [-0.25, -0.2) is 13.2 Å². The Balaban J connectivity index is 2.36. The molecule has 1 aliphatic rings. The Morgan fingerprint density at radius 3 is 2.68 bits per heavy atom. The lowest BCUT2D eigenvalue weighted by Crippen LogP contribution is -2.41. The maximum Gasteiger partial charge on any atom is 0.315 e. The van der Waals surface area contributed by atoms with E-state index in [1.54, 1.807) is 24.3 Å². The van der Waals surface area contributed by atoms with E-state index in [4.69, 9.17) is 0 Å². The number of carbonyl (C=O) groups excluding carboxylic acids is 1. The van der Waals surface area contributed by atoms with Crippen molar-refractivity contribution >= 4 is 16.1 Å².